The first-order valence-corrected chi connectivity index (χ1v) is 2.48. The van der Waals surface area contributed by atoms with E-state index in [0.29, 0.717) is 0 Å². The molecule has 0 fully saturated rings. The first kappa shape index (κ1) is 7.87. The molecule has 0 aromatic rings. The maximum absolute atomic E-state index is 10.2. The van der Waals surface area contributed by atoms with Crippen LogP contribution in [0.1, 0.15) is 13.3 Å². The van der Waals surface area contributed by atoms with E-state index in [1.807, 2.05) is 0 Å². The third-order valence-corrected chi connectivity index (χ3v) is 0.631. The van der Waals surface area contributed by atoms with E-state index in [4.69, 9.17) is 5.53 Å². The number of esters is 1. The predicted octanol–water partition coefficient (Wildman–Crippen LogP) is 0.438. The molecule has 0 aromatic heterocycles. The highest BCUT2D eigenvalue weighted by Gasteiger charge is 1.98. The quantitative estimate of drug-likeness (QED) is 0.199. The first-order chi connectivity index (χ1) is 4.16. The van der Waals surface area contributed by atoms with Crippen LogP contribution in [0.25, 0.3) is 0 Å². The third kappa shape index (κ3) is 4.73. The highest BCUT2D eigenvalue weighted by Crippen LogP contribution is 1.82. The minimum Gasteiger partial charge on any atom is -0.597 e. The fourth-order valence-electron chi connectivity index (χ4n) is 0.233. The van der Waals surface area contributed by atoms with Crippen LogP contribution in [0, 0.1) is 10.7 Å². The van der Waals surface area contributed by atoms with E-state index >= 15 is 0 Å². The smallest absolute Gasteiger partial charge is 0.324 e. The lowest BCUT2D eigenvalue weighted by Gasteiger charge is -1.97. The summed E-state index contributed by atoms with van der Waals surface area (Å²) in [7, 11) is 0. The molecule has 0 aromatic carbocycles. The third-order valence-electron chi connectivity index (χ3n) is 0.631. The summed E-state index contributed by atoms with van der Waals surface area (Å²) in [4.78, 5) is 10.0. The van der Waals surface area contributed by atoms with Crippen molar-refractivity contribution in [2.45, 2.75) is 13.3 Å². The van der Waals surface area contributed by atoms with Gasteiger partial charge in [0.15, 0.2) is 0 Å². The lowest BCUT2D eigenvalue weighted by atomic mass is 10.5. The van der Waals surface area contributed by atoms with Crippen molar-refractivity contribution in [3.8, 4) is 0 Å². The van der Waals surface area contributed by atoms with Crippen LogP contribution in [0.3, 0.4) is 0 Å². The van der Waals surface area contributed by atoms with Crippen LogP contribution >= 0.6 is 0 Å². The molecule has 0 spiro atoms. The first-order valence-electron chi connectivity index (χ1n) is 2.48. The summed E-state index contributed by atoms with van der Waals surface area (Å²) in [5.41, 5.74) is 6.25. The molecular weight excluding hydrogens is 124 g/mol. The summed E-state index contributed by atoms with van der Waals surface area (Å²) in [6, 6.07) is 0. The molecule has 0 rings (SSSR count). The van der Waals surface area contributed by atoms with Gasteiger partial charge in [-0.15, -0.1) is 0 Å². The van der Waals surface area contributed by atoms with Crippen molar-refractivity contribution in [2.75, 3.05) is 6.73 Å². The van der Waals surface area contributed by atoms with Gasteiger partial charge in [0.25, 0.3) is 0 Å². The summed E-state index contributed by atoms with van der Waals surface area (Å²) in [5, 5.41) is 9.77. The van der Waals surface area contributed by atoms with Crippen LogP contribution in [0.5, 0.6) is 0 Å². The fourth-order valence-corrected chi connectivity index (χ4v) is 0.233. The van der Waals surface area contributed by atoms with Gasteiger partial charge in [0.2, 0.25) is 0 Å². The van der Waals surface area contributed by atoms with Gasteiger partial charge in [-0.05, 0) is 5.53 Å². The molecule has 0 unspecified atom stereocenters. The topological polar surface area (TPSA) is 76.2 Å². The number of ether oxygens (including phenoxy) is 1. The Bertz CT molecular complexity index is 123. The van der Waals surface area contributed by atoms with Crippen molar-refractivity contribution >= 4 is 5.97 Å². The molecule has 0 amide bonds. The number of rotatable bonds is 3. The van der Waals surface area contributed by atoms with Crippen LogP contribution in [-0.2, 0) is 9.53 Å². The molecule has 0 bridgehead atoms. The summed E-state index contributed by atoms with van der Waals surface area (Å²) in [5.74, 6) is -0.469. The number of hydroxylamine groups is 1. The highest BCUT2D eigenvalue weighted by atomic mass is 16.6. The molecule has 0 aliphatic heterocycles. The maximum Gasteiger partial charge on any atom is 0.324 e. The van der Waals surface area contributed by atoms with Gasteiger partial charge in [0.1, 0.15) is 0 Å². The number of hydrogen-bond donors (Lipinski definition) is 1. The average molecular weight is 132 g/mol. The van der Waals surface area contributed by atoms with Gasteiger partial charge in [0.05, 0.1) is 0 Å². The van der Waals surface area contributed by atoms with Crippen LogP contribution in [0.4, 0.5) is 0 Å². The zero-order valence-corrected chi connectivity index (χ0v) is 5.09. The Balaban J connectivity index is 3.28. The molecule has 0 atom stereocenters. The van der Waals surface area contributed by atoms with Crippen molar-refractivity contribution in [1.82, 2.24) is 0 Å². The molecule has 0 saturated carbocycles. The molecule has 0 heterocycles. The number of nitrogens with zero attached hydrogens (tertiary/aromatic N) is 1. The number of carbonyl (C=O) groups is 1. The average Bonchev–Trinajstić information content (AvgIpc) is 1.83. The summed E-state index contributed by atoms with van der Waals surface area (Å²) < 4.78 is 4.24. The Morgan fingerprint density at radius 1 is 1.89 bits per heavy atom. The van der Waals surface area contributed by atoms with Gasteiger partial charge in [-0.2, -0.15) is 0 Å². The zero-order valence-electron chi connectivity index (χ0n) is 5.09. The van der Waals surface area contributed by atoms with E-state index in [9.17, 15) is 10.0 Å². The minimum absolute atomic E-state index is 0.201. The monoisotopic (exact) mass is 132 g/mol. The van der Waals surface area contributed by atoms with E-state index < -0.39 is 12.7 Å². The molecule has 5 heteroatoms. The second-order valence-electron chi connectivity index (χ2n) is 1.38. The highest BCUT2D eigenvalue weighted by molar-refractivity contribution is 5.68. The van der Waals surface area contributed by atoms with Gasteiger partial charge in [-0.3, -0.25) is 4.79 Å². The SMILES string of the molecule is CCC(=O)OC[N+](=N)[O-]. The summed E-state index contributed by atoms with van der Waals surface area (Å²) in [6.45, 7) is 1.11. The van der Waals surface area contributed by atoms with Crippen LogP contribution in [-0.4, -0.2) is 17.6 Å². The van der Waals surface area contributed by atoms with Crippen molar-refractivity contribution < 1.29 is 14.4 Å². The molecule has 1 N–H and O–H groups in total. The predicted molar refractivity (Wildman–Crippen MR) is 27.6 cm³/mol. The fraction of sp³-hybridized carbons (Fsp3) is 0.750. The standard InChI is InChI=1S/C4H8N2O3/c1-2-4(7)9-3-6(5)8/h5H,2-3H2,1H3. The lowest BCUT2D eigenvalue weighted by molar-refractivity contribution is -0.584. The van der Waals surface area contributed by atoms with Gasteiger partial charge >= 0.3 is 12.7 Å². The Labute approximate surface area is 52.3 Å². The Hall–Kier alpha value is -1.13. The van der Waals surface area contributed by atoms with Crippen molar-refractivity contribution in [1.29, 1.82) is 5.53 Å². The number of carbonyl (C=O) groups excluding carboxylic acids is 1. The Morgan fingerprint density at radius 3 is 2.78 bits per heavy atom. The van der Waals surface area contributed by atoms with Crippen LogP contribution in [0.2, 0.25) is 0 Å². The second kappa shape index (κ2) is 3.82. The Kier molecular flexibility index (Phi) is 3.34. The van der Waals surface area contributed by atoms with Crippen molar-refractivity contribution in [3.05, 3.63) is 5.21 Å². The van der Waals surface area contributed by atoms with E-state index in [1.165, 1.54) is 0 Å². The molecule has 9 heavy (non-hydrogen) atoms. The van der Waals surface area contributed by atoms with E-state index in [1.54, 1.807) is 6.92 Å². The normalized spacial score (nSPS) is 8.56. The summed E-state index contributed by atoms with van der Waals surface area (Å²) >= 11 is 0. The number of nitrogens with one attached hydrogen (secondary N) is 1. The molecule has 0 saturated heterocycles. The number of hydrogen-bond acceptors (Lipinski definition) is 4. The maximum atomic E-state index is 10.2. The molecule has 5 nitrogen and oxygen atoms in total. The van der Waals surface area contributed by atoms with Crippen LogP contribution in [0.15, 0.2) is 0 Å². The van der Waals surface area contributed by atoms with Gasteiger partial charge in [-0.25, -0.2) is 0 Å². The van der Waals surface area contributed by atoms with Crippen LogP contribution < -0.4 is 0 Å². The van der Waals surface area contributed by atoms with E-state index in [2.05, 4.69) is 4.74 Å². The van der Waals surface area contributed by atoms with Gasteiger partial charge in [-0.1, -0.05) is 11.8 Å². The Morgan fingerprint density at radius 2 is 2.44 bits per heavy atom. The molecule has 0 aliphatic carbocycles. The van der Waals surface area contributed by atoms with Gasteiger partial charge in [0, 0.05) is 6.42 Å². The second-order valence-corrected chi connectivity index (χ2v) is 1.38. The summed E-state index contributed by atoms with van der Waals surface area (Å²) in [6.07, 6.45) is 0.230. The van der Waals surface area contributed by atoms with E-state index in [-0.39, 0.29) is 11.3 Å². The van der Waals surface area contributed by atoms with Crippen molar-refractivity contribution in [3.63, 3.8) is 0 Å². The van der Waals surface area contributed by atoms with Gasteiger partial charge < -0.3 is 9.94 Å². The zero-order chi connectivity index (χ0) is 7.28. The molecular formula is C4H8N2O3. The van der Waals surface area contributed by atoms with E-state index in [0.717, 1.165) is 0 Å². The molecule has 0 aliphatic rings. The largest absolute Gasteiger partial charge is 0.597 e. The van der Waals surface area contributed by atoms with Crippen molar-refractivity contribution in [2.24, 2.45) is 0 Å². The minimum atomic E-state index is -0.507. The lowest BCUT2D eigenvalue weighted by Crippen LogP contribution is -2.10. The molecule has 0 radical (unpaired) electrons. The molecule has 52 valence electrons.